The number of ether oxygens (including phenoxy) is 1. The number of sulfonamides is 1. The van der Waals surface area contributed by atoms with Crippen molar-refractivity contribution in [2.45, 2.75) is 44.0 Å². The number of anilines is 1. The molecule has 2 aromatic carbocycles. The summed E-state index contributed by atoms with van der Waals surface area (Å²) < 4.78 is 33.4. The molecule has 1 saturated heterocycles. The second kappa shape index (κ2) is 10.4. The zero-order chi connectivity index (χ0) is 24.1. The summed E-state index contributed by atoms with van der Waals surface area (Å²) in [7, 11) is -3.75. The first kappa shape index (κ1) is 23.9. The van der Waals surface area contributed by atoms with Gasteiger partial charge in [-0.2, -0.15) is 9.41 Å². The van der Waals surface area contributed by atoms with E-state index in [0.717, 1.165) is 18.4 Å². The Morgan fingerprint density at radius 2 is 1.82 bits per heavy atom. The van der Waals surface area contributed by atoms with Crippen molar-refractivity contribution in [3.05, 3.63) is 54.1 Å². The van der Waals surface area contributed by atoms with Gasteiger partial charge in [-0.15, -0.1) is 0 Å². The van der Waals surface area contributed by atoms with Crippen LogP contribution < -0.4 is 10.1 Å². The number of carbonyl (C=O) groups excluding carboxylic acids is 2. The van der Waals surface area contributed by atoms with Crippen molar-refractivity contribution in [3.63, 3.8) is 0 Å². The van der Waals surface area contributed by atoms with Crippen LogP contribution in [0.3, 0.4) is 0 Å². The van der Waals surface area contributed by atoms with Gasteiger partial charge in [0.2, 0.25) is 15.9 Å². The predicted molar refractivity (Wildman–Crippen MR) is 128 cm³/mol. The average Bonchev–Trinajstić information content (AvgIpc) is 3.38. The molecule has 9 nitrogen and oxygen atoms in total. The summed E-state index contributed by atoms with van der Waals surface area (Å²) >= 11 is 0. The van der Waals surface area contributed by atoms with Crippen LogP contribution in [0, 0.1) is 0 Å². The maximum atomic E-state index is 13.2. The summed E-state index contributed by atoms with van der Waals surface area (Å²) in [5.74, 6) is -0.373. The van der Waals surface area contributed by atoms with Crippen molar-refractivity contribution in [3.8, 4) is 5.75 Å². The maximum absolute atomic E-state index is 13.2. The molecule has 0 spiro atoms. The zero-order valence-corrected chi connectivity index (χ0v) is 19.9. The minimum Gasteiger partial charge on any atom is -0.492 e. The first-order chi connectivity index (χ1) is 16.4. The Bertz CT molecular complexity index is 1190. The molecule has 1 N–H and O–H groups in total. The van der Waals surface area contributed by atoms with Crippen LogP contribution in [0.25, 0.3) is 0 Å². The van der Waals surface area contributed by atoms with E-state index in [4.69, 9.17) is 4.74 Å². The topological polar surface area (TPSA) is 108 Å². The summed E-state index contributed by atoms with van der Waals surface area (Å²) in [4.78, 5) is 25.3. The lowest BCUT2D eigenvalue weighted by molar-refractivity contribution is -0.132. The Morgan fingerprint density at radius 3 is 2.53 bits per heavy atom. The summed E-state index contributed by atoms with van der Waals surface area (Å²) in [6.45, 7) is 3.30. The molecule has 2 amide bonds. The summed E-state index contributed by atoms with van der Waals surface area (Å²) in [6, 6.07) is 14.0. The van der Waals surface area contributed by atoms with Gasteiger partial charge >= 0.3 is 0 Å². The maximum Gasteiger partial charge on any atom is 0.271 e. The fraction of sp³-hybridized carbons (Fsp3) is 0.375. The lowest BCUT2D eigenvalue weighted by Gasteiger charge is -2.23. The highest BCUT2D eigenvalue weighted by Gasteiger charge is 2.31. The van der Waals surface area contributed by atoms with Gasteiger partial charge in [0, 0.05) is 31.6 Å². The standard InChI is InChI=1S/C24H28N4O5S/c1-2-33-21-12-10-19(16-22(21)34(31,32)27-14-6-7-15-27)25-24(30)20-11-13-23(29)28(26-20)17-18-8-4-3-5-9-18/h3-5,8-10,12,16H,2,6-7,11,13-15,17H2,1H3,(H,25,30). The highest BCUT2D eigenvalue weighted by Crippen LogP contribution is 2.31. The summed E-state index contributed by atoms with van der Waals surface area (Å²) in [5.41, 5.74) is 1.44. The number of hydrogen-bond acceptors (Lipinski definition) is 6. The van der Waals surface area contributed by atoms with E-state index in [0.29, 0.717) is 25.4 Å². The highest BCUT2D eigenvalue weighted by atomic mass is 32.2. The quantitative estimate of drug-likeness (QED) is 0.620. The van der Waals surface area contributed by atoms with Crippen LogP contribution in [0.5, 0.6) is 5.75 Å². The monoisotopic (exact) mass is 484 g/mol. The van der Waals surface area contributed by atoms with Crippen LogP contribution in [-0.2, 0) is 26.2 Å². The van der Waals surface area contributed by atoms with Crippen molar-refractivity contribution in [1.82, 2.24) is 9.31 Å². The molecule has 2 aromatic rings. The van der Waals surface area contributed by atoms with Gasteiger partial charge in [-0.05, 0) is 43.5 Å². The molecule has 0 unspecified atom stereocenters. The molecule has 180 valence electrons. The Hall–Kier alpha value is -3.24. The molecular weight excluding hydrogens is 456 g/mol. The Balaban J connectivity index is 1.55. The van der Waals surface area contributed by atoms with Gasteiger partial charge in [0.25, 0.3) is 5.91 Å². The smallest absolute Gasteiger partial charge is 0.271 e. The molecule has 0 aromatic heterocycles. The zero-order valence-electron chi connectivity index (χ0n) is 19.1. The molecular formula is C24H28N4O5S. The van der Waals surface area contributed by atoms with Crippen LogP contribution in [0.2, 0.25) is 0 Å². The van der Waals surface area contributed by atoms with E-state index in [1.807, 2.05) is 30.3 Å². The van der Waals surface area contributed by atoms with Crippen molar-refractivity contribution in [1.29, 1.82) is 0 Å². The van der Waals surface area contributed by atoms with Gasteiger partial charge in [-0.25, -0.2) is 13.4 Å². The van der Waals surface area contributed by atoms with Gasteiger partial charge < -0.3 is 10.1 Å². The summed E-state index contributed by atoms with van der Waals surface area (Å²) in [6.07, 6.45) is 2.03. The normalized spacial score (nSPS) is 16.9. The Kier molecular flexibility index (Phi) is 7.28. The van der Waals surface area contributed by atoms with Gasteiger partial charge in [0.15, 0.2) is 0 Å². The largest absolute Gasteiger partial charge is 0.492 e. The number of carbonyl (C=O) groups is 2. The summed E-state index contributed by atoms with van der Waals surface area (Å²) in [5, 5.41) is 8.31. The molecule has 2 aliphatic heterocycles. The predicted octanol–water partition coefficient (Wildman–Crippen LogP) is 2.99. The van der Waals surface area contributed by atoms with Gasteiger partial charge in [-0.3, -0.25) is 9.59 Å². The number of rotatable bonds is 8. The van der Waals surface area contributed by atoms with Crippen LogP contribution in [0.1, 0.15) is 38.2 Å². The van der Waals surface area contributed by atoms with E-state index in [9.17, 15) is 18.0 Å². The molecule has 0 bridgehead atoms. The third-order valence-electron chi connectivity index (χ3n) is 5.73. The number of amides is 2. The van der Waals surface area contributed by atoms with Gasteiger partial charge in [-0.1, -0.05) is 30.3 Å². The van der Waals surface area contributed by atoms with E-state index in [2.05, 4.69) is 10.4 Å². The Morgan fingerprint density at radius 1 is 1.09 bits per heavy atom. The molecule has 4 rings (SSSR count). The van der Waals surface area contributed by atoms with Crippen molar-refractivity contribution >= 4 is 33.2 Å². The van der Waals surface area contributed by atoms with Crippen LogP contribution in [-0.4, -0.2) is 55.0 Å². The number of hydrogen-bond donors (Lipinski definition) is 1. The number of nitrogens with zero attached hydrogens (tertiary/aromatic N) is 3. The van der Waals surface area contributed by atoms with E-state index in [1.54, 1.807) is 19.1 Å². The number of benzene rings is 2. The number of hydrazone groups is 1. The fourth-order valence-corrected chi connectivity index (χ4v) is 5.65. The molecule has 1 fully saturated rings. The minimum absolute atomic E-state index is 0.0283. The Labute approximate surface area is 199 Å². The molecule has 2 heterocycles. The molecule has 0 atom stereocenters. The highest BCUT2D eigenvalue weighted by molar-refractivity contribution is 7.89. The minimum atomic E-state index is -3.75. The van der Waals surface area contributed by atoms with E-state index >= 15 is 0 Å². The van der Waals surface area contributed by atoms with E-state index in [1.165, 1.54) is 15.4 Å². The third-order valence-corrected chi connectivity index (χ3v) is 7.65. The van der Waals surface area contributed by atoms with Gasteiger partial charge in [0.05, 0.1) is 13.2 Å². The molecule has 0 aliphatic carbocycles. The van der Waals surface area contributed by atoms with E-state index in [-0.39, 0.29) is 41.7 Å². The second-order valence-electron chi connectivity index (χ2n) is 8.14. The van der Waals surface area contributed by atoms with Crippen LogP contribution >= 0.6 is 0 Å². The lowest BCUT2D eigenvalue weighted by Crippen LogP contribution is -2.36. The average molecular weight is 485 g/mol. The third kappa shape index (κ3) is 5.28. The van der Waals surface area contributed by atoms with Gasteiger partial charge in [0.1, 0.15) is 16.4 Å². The molecule has 10 heteroatoms. The molecule has 0 radical (unpaired) electrons. The van der Waals surface area contributed by atoms with Crippen LogP contribution in [0.4, 0.5) is 5.69 Å². The van der Waals surface area contributed by atoms with E-state index < -0.39 is 15.9 Å². The SMILES string of the molecule is CCOc1ccc(NC(=O)C2=NN(Cc3ccccc3)C(=O)CC2)cc1S(=O)(=O)N1CCCC1. The van der Waals surface area contributed by atoms with Crippen molar-refractivity contribution < 1.29 is 22.7 Å². The fourth-order valence-electron chi connectivity index (χ4n) is 3.98. The second-order valence-corrected chi connectivity index (χ2v) is 10.0. The molecule has 2 aliphatic rings. The molecule has 0 saturated carbocycles. The molecule has 34 heavy (non-hydrogen) atoms. The van der Waals surface area contributed by atoms with Crippen molar-refractivity contribution in [2.75, 3.05) is 25.0 Å². The lowest BCUT2D eigenvalue weighted by atomic mass is 10.1. The van der Waals surface area contributed by atoms with Crippen molar-refractivity contribution in [2.24, 2.45) is 5.10 Å². The van der Waals surface area contributed by atoms with Crippen LogP contribution in [0.15, 0.2) is 58.5 Å². The first-order valence-electron chi connectivity index (χ1n) is 11.4. The first-order valence-corrected chi connectivity index (χ1v) is 12.8. The number of nitrogens with one attached hydrogen (secondary N) is 1.